The van der Waals surface area contributed by atoms with Gasteiger partial charge in [-0.2, -0.15) is 0 Å². The molecule has 0 aliphatic heterocycles. The summed E-state index contributed by atoms with van der Waals surface area (Å²) >= 11 is 13.7. The fraction of sp³-hybridized carbons (Fsp3) is 0.0938. The zero-order chi connectivity index (χ0) is 29.4. The number of thioether (sulfide) groups is 1. The smallest absolute Gasteiger partial charge is 0.272 e. The average Bonchev–Trinajstić information content (AvgIpc) is 2.96. The molecule has 208 valence electrons. The first kappa shape index (κ1) is 29.9. The second-order valence-electron chi connectivity index (χ2n) is 9.07. The standard InChI is InChI=1S/C32H27Cl2N3O3S/c1-20-27(34)12-7-13-28(20)36-30(38)21(2)41-26-16-14-25(15-17-26)35-32(40)29(19-22-8-6-11-24(33)18-22)37-31(39)23-9-4-3-5-10-23/h3-19,21H,1-2H3,(H,35,40)(H,36,38)(H,37,39)/b29-19-. The minimum atomic E-state index is -0.501. The molecule has 0 aliphatic rings. The first-order valence-electron chi connectivity index (χ1n) is 12.7. The van der Waals surface area contributed by atoms with Gasteiger partial charge < -0.3 is 16.0 Å². The molecule has 0 aliphatic carbocycles. The Kier molecular flexibility index (Phi) is 10.2. The summed E-state index contributed by atoms with van der Waals surface area (Å²) in [6, 6.07) is 28.1. The maximum atomic E-state index is 13.3. The highest BCUT2D eigenvalue weighted by molar-refractivity contribution is 8.00. The number of anilines is 2. The number of amides is 3. The molecule has 1 atom stereocenters. The van der Waals surface area contributed by atoms with Gasteiger partial charge in [0.1, 0.15) is 5.70 Å². The number of carbonyl (C=O) groups is 3. The third-order valence-corrected chi connectivity index (χ3v) is 7.76. The highest BCUT2D eigenvalue weighted by Crippen LogP contribution is 2.28. The van der Waals surface area contributed by atoms with Crippen molar-refractivity contribution < 1.29 is 14.4 Å². The van der Waals surface area contributed by atoms with E-state index < -0.39 is 11.8 Å². The van der Waals surface area contributed by atoms with Gasteiger partial charge in [-0.3, -0.25) is 14.4 Å². The molecule has 4 rings (SSSR count). The number of carbonyl (C=O) groups excluding carboxylic acids is 3. The van der Waals surface area contributed by atoms with Crippen LogP contribution in [0.1, 0.15) is 28.4 Å². The van der Waals surface area contributed by atoms with Gasteiger partial charge >= 0.3 is 0 Å². The molecule has 4 aromatic carbocycles. The molecule has 0 fully saturated rings. The van der Waals surface area contributed by atoms with E-state index in [1.54, 1.807) is 78.9 Å². The van der Waals surface area contributed by atoms with E-state index in [9.17, 15) is 14.4 Å². The van der Waals surface area contributed by atoms with Gasteiger partial charge in [0.15, 0.2) is 0 Å². The molecule has 0 spiro atoms. The van der Waals surface area contributed by atoms with Crippen molar-refractivity contribution in [3.05, 3.63) is 129 Å². The van der Waals surface area contributed by atoms with E-state index in [1.807, 2.05) is 38.1 Å². The molecule has 0 radical (unpaired) electrons. The fourth-order valence-electron chi connectivity index (χ4n) is 3.76. The predicted octanol–water partition coefficient (Wildman–Crippen LogP) is 7.83. The van der Waals surface area contributed by atoms with E-state index in [2.05, 4.69) is 16.0 Å². The lowest BCUT2D eigenvalue weighted by atomic mass is 10.1. The SMILES string of the molecule is Cc1c(Cl)cccc1NC(=O)C(C)Sc1ccc(NC(=O)/C(=C/c2cccc(Cl)c2)NC(=O)c2ccccc2)cc1. The molecule has 0 aromatic heterocycles. The number of hydrogen-bond donors (Lipinski definition) is 3. The number of nitrogens with one attached hydrogen (secondary N) is 3. The Morgan fingerprint density at radius 2 is 1.54 bits per heavy atom. The summed E-state index contributed by atoms with van der Waals surface area (Å²) in [7, 11) is 0. The van der Waals surface area contributed by atoms with Crippen LogP contribution in [-0.2, 0) is 9.59 Å². The van der Waals surface area contributed by atoms with E-state index in [4.69, 9.17) is 23.2 Å². The summed E-state index contributed by atoms with van der Waals surface area (Å²) in [5, 5.41) is 9.17. The van der Waals surface area contributed by atoms with Gasteiger partial charge in [0.25, 0.3) is 11.8 Å². The number of halogens is 2. The van der Waals surface area contributed by atoms with Crippen molar-refractivity contribution in [2.75, 3.05) is 10.6 Å². The summed E-state index contributed by atoms with van der Waals surface area (Å²) in [5.74, 6) is -1.07. The zero-order valence-corrected chi connectivity index (χ0v) is 24.6. The van der Waals surface area contributed by atoms with E-state index in [-0.39, 0.29) is 16.9 Å². The largest absolute Gasteiger partial charge is 0.325 e. The van der Waals surface area contributed by atoms with Gasteiger partial charge in [0.2, 0.25) is 5.91 Å². The lowest BCUT2D eigenvalue weighted by molar-refractivity contribution is -0.115. The Hall–Kier alpha value is -4.04. The second kappa shape index (κ2) is 14.0. The van der Waals surface area contributed by atoms with Crippen molar-refractivity contribution in [1.82, 2.24) is 5.32 Å². The highest BCUT2D eigenvalue weighted by atomic mass is 35.5. The van der Waals surface area contributed by atoms with Gasteiger partial charge in [-0.25, -0.2) is 0 Å². The molecule has 3 N–H and O–H groups in total. The van der Waals surface area contributed by atoms with E-state index >= 15 is 0 Å². The number of benzene rings is 4. The summed E-state index contributed by atoms with van der Waals surface area (Å²) in [4.78, 5) is 39.7. The molecule has 6 nitrogen and oxygen atoms in total. The quantitative estimate of drug-likeness (QED) is 0.134. The van der Waals surface area contributed by atoms with Crippen molar-refractivity contribution >= 4 is 70.1 Å². The molecule has 4 aromatic rings. The van der Waals surface area contributed by atoms with Crippen LogP contribution in [-0.4, -0.2) is 23.0 Å². The van der Waals surface area contributed by atoms with Crippen LogP contribution in [0.15, 0.2) is 108 Å². The van der Waals surface area contributed by atoms with Crippen LogP contribution in [0, 0.1) is 6.92 Å². The van der Waals surface area contributed by atoms with Crippen LogP contribution in [0.25, 0.3) is 6.08 Å². The molecule has 1 unspecified atom stereocenters. The molecular weight excluding hydrogens is 577 g/mol. The number of rotatable bonds is 9. The molecule has 0 heterocycles. The summed E-state index contributed by atoms with van der Waals surface area (Å²) < 4.78 is 0. The van der Waals surface area contributed by atoms with Crippen molar-refractivity contribution in [3.8, 4) is 0 Å². The second-order valence-corrected chi connectivity index (χ2v) is 11.3. The lowest BCUT2D eigenvalue weighted by Gasteiger charge is -2.15. The van der Waals surface area contributed by atoms with Crippen molar-refractivity contribution in [2.24, 2.45) is 0 Å². The third-order valence-electron chi connectivity index (χ3n) is 6.01. The minimum absolute atomic E-state index is 0.0566. The van der Waals surface area contributed by atoms with Gasteiger partial charge in [-0.05, 0) is 91.7 Å². The average molecular weight is 605 g/mol. The molecule has 9 heteroatoms. The normalized spacial score (nSPS) is 11.9. The predicted molar refractivity (Wildman–Crippen MR) is 169 cm³/mol. The molecular formula is C32H27Cl2N3O3S. The van der Waals surface area contributed by atoms with Crippen molar-refractivity contribution in [1.29, 1.82) is 0 Å². The first-order chi connectivity index (χ1) is 19.7. The summed E-state index contributed by atoms with van der Waals surface area (Å²) in [5.41, 5.74) is 3.14. The molecule has 3 amide bonds. The summed E-state index contributed by atoms with van der Waals surface area (Å²) in [6.07, 6.45) is 1.56. The van der Waals surface area contributed by atoms with Crippen LogP contribution in [0.4, 0.5) is 11.4 Å². The van der Waals surface area contributed by atoms with E-state index in [0.717, 1.165) is 10.5 Å². The van der Waals surface area contributed by atoms with Crippen LogP contribution in [0.2, 0.25) is 10.0 Å². The topological polar surface area (TPSA) is 87.3 Å². The van der Waals surface area contributed by atoms with E-state index in [1.165, 1.54) is 11.8 Å². The first-order valence-corrected chi connectivity index (χ1v) is 14.3. The van der Waals surface area contributed by atoms with Gasteiger partial charge in [0, 0.05) is 31.9 Å². The zero-order valence-electron chi connectivity index (χ0n) is 22.3. The van der Waals surface area contributed by atoms with Crippen LogP contribution in [0.5, 0.6) is 0 Å². The van der Waals surface area contributed by atoms with Crippen LogP contribution in [0.3, 0.4) is 0 Å². The Morgan fingerprint density at radius 1 is 0.829 bits per heavy atom. The molecule has 41 heavy (non-hydrogen) atoms. The monoisotopic (exact) mass is 603 g/mol. The van der Waals surface area contributed by atoms with Crippen molar-refractivity contribution in [2.45, 2.75) is 24.0 Å². The van der Waals surface area contributed by atoms with Gasteiger partial charge in [-0.15, -0.1) is 11.8 Å². The van der Waals surface area contributed by atoms with Gasteiger partial charge in [0.05, 0.1) is 5.25 Å². The maximum Gasteiger partial charge on any atom is 0.272 e. The lowest BCUT2D eigenvalue weighted by Crippen LogP contribution is -2.30. The highest BCUT2D eigenvalue weighted by Gasteiger charge is 2.18. The summed E-state index contributed by atoms with van der Waals surface area (Å²) in [6.45, 7) is 3.67. The fourth-order valence-corrected chi connectivity index (χ4v) is 5.00. The third kappa shape index (κ3) is 8.47. The Bertz CT molecular complexity index is 1590. The number of hydrogen-bond acceptors (Lipinski definition) is 4. The maximum absolute atomic E-state index is 13.3. The van der Waals surface area contributed by atoms with Gasteiger partial charge in [-0.1, -0.05) is 59.6 Å². The van der Waals surface area contributed by atoms with Crippen LogP contribution < -0.4 is 16.0 Å². The minimum Gasteiger partial charge on any atom is -0.325 e. The Labute approximate surface area is 253 Å². The van der Waals surface area contributed by atoms with E-state index in [0.29, 0.717) is 32.5 Å². The Morgan fingerprint density at radius 3 is 2.24 bits per heavy atom. The Balaban J connectivity index is 1.43. The molecule has 0 saturated carbocycles. The molecule has 0 saturated heterocycles. The molecule has 0 bridgehead atoms. The van der Waals surface area contributed by atoms with Crippen molar-refractivity contribution in [3.63, 3.8) is 0 Å². The van der Waals surface area contributed by atoms with Crippen LogP contribution >= 0.6 is 35.0 Å².